The van der Waals surface area contributed by atoms with Gasteiger partial charge in [0.1, 0.15) is 18.4 Å². The fraction of sp³-hybridized carbons (Fsp3) is 0.500. The molecule has 3 rings (SSSR count). The van der Waals surface area contributed by atoms with Gasteiger partial charge in [-0.15, -0.1) is 0 Å². The molecule has 0 aliphatic carbocycles. The minimum absolute atomic E-state index is 0.163. The molecular formula is C18H24N4O2. The lowest BCUT2D eigenvalue weighted by molar-refractivity contribution is -0.133. The number of amides is 1. The van der Waals surface area contributed by atoms with Crippen LogP contribution in [0.5, 0.6) is 5.75 Å². The highest BCUT2D eigenvalue weighted by atomic mass is 16.5. The summed E-state index contributed by atoms with van der Waals surface area (Å²) < 4.78 is 7.61. The molecule has 6 heteroatoms. The Morgan fingerprint density at radius 3 is 2.71 bits per heavy atom. The average molecular weight is 328 g/mol. The van der Waals surface area contributed by atoms with Crippen LogP contribution in [0.4, 0.5) is 0 Å². The number of aromatic nitrogens is 3. The zero-order valence-corrected chi connectivity index (χ0v) is 14.3. The predicted molar refractivity (Wildman–Crippen MR) is 90.9 cm³/mol. The van der Waals surface area contributed by atoms with Gasteiger partial charge in [0.15, 0.2) is 0 Å². The van der Waals surface area contributed by atoms with Gasteiger partial charge in [-0.1, -0.05) is 6.07 Å². The molecule has 2 heterocycles. The van der Waals surface area contributed by atoms with Crippen LogP contribution in [0, 0.1) is 13.8 Å². The summed E-state index contributed by atoms with van der Waals surface area (Å²) in [6.45, 7) is 6.10. The molecule has 1 aliphatic rings. The number of carbonyl (C=O) groups excluding carboxylic acids is 1. The van der Waals surface area contributed by atoms with Gasteiger partial charge in [-0.05, 0) is 49.9 Å². The summed E-state index contributed by atoms with van der Waals surface area (Å²) in [4.78, 5) is 18.2. The van der Waals surface area contributed by atoms with Crippen molar-refractivity contribution in [1.82, 2.24) is 19.7 Å². The second-order valence-corrected chi connectivity index (χ2v) is 6.33. The van der Waals surface area contributed by atoms with Crippen molar-refractivity contribution in [2.75, 3.05) is 19.7 Å². The Hall–Kier alpha value is -2.37. The zero-order valence-electron chi connectivity index (χ0n) is 14.3. The average Bonchev–Trinajstić information content (AvgIpc) is 3.13. The summed E-state index contributed by atoms with van der Waals surface area (Å²) in [5, 5.41) is 4.19. The molecule has 0 spiro atoms. The summed E-state index contributed by atoms with van der Waals surface area (Å²) in [6, 6.07) is 6.37. The SMILES string of the molecule is Cc1ccc(OCCC(=O)N2CCC(n3cncn3)CC2)cc1C. The number of hydrogen-bond acceptors (Lipinski definition) is 4. The molecule has 1 saturated heterocycles. The van der Waals surface area contributed by atoms with Crippen LogP contribution >= 0.6 is 0 Å². The first-order chi connectivity index (χ1) is 11.6. The molecular weight excluding hydrogens is 304 g/mol. The first-order valence-corrected chi connectivity index (χ1v) is 8.45. The number of rotatable bonds is 5. The highest BCUT2D eigenvalue weighted by Crippen LogP contribution is 2.22. The first-order valence-electron chi connectivity index (χ1n) is 8.45. The van der Waals surface area contributed by atoms with E-state index in [9.17, 15) is 4.79 Å². The molecule has 0 atom stereocenters. The van der Waals surface area contributed by atoms with Crippen molar-refractivity contribution >= 4 is 5.91 Å². The van der Waals surface area contributed by atoms with Crippen LogP contribution in [-0.2, 0) is 4.79 Å². The maximum absolute atomic E-state index is 12.3. The van der Waals surface area contributed by atoms with E-state index in [0.717, 1.165) is 31.7 Å². The molecule has 1 aliphatic heterocycles. The minimum atomic E-state index is 0.163. The van der Waals surface area contributed by atoms with Gasteiger partial charge in [-0.2, -0.15) is 5.10 Å². The molecule has 0 unspecified atom stereocenters. The van der Waals surface area contributed by atoms with Crippen LogP contribution in [-0.4, -0.2) is 45.3 Å². The van der Waals surface area contributed by atoms with Gasteiger partial charge in [0.05, 0.1) is 19.1 Å². The topological polar surface area (TPSA) is 60.2 Å². The van der Waals surface area contributed by atoms with E-state index in [1.165, 1.54) is 11.1 Å². The Morgan fingerprint density at radius 1 is 1.25 bits per heavy atom. The van der Waals surface area contributed by atoms with Crippen LogP contribution in [0.1, 0.15) is 36.4 Å². The van der Waals surface area contributed by atoms with Crippen LogP contribution in [0.3, 0.4) is 0 Å². The van der Waals surface area contributed by atoms with Gasteiger partial charge in [-0.25, -0.2) is 9.67 Å². The molecule has 1 aromatic carbocycles. The van der Waals surface area contributed by atoms with Gasteiger partial charge >= 0.3 is 0 Å². The van der Waals surface area contributed by atoms with Gasteiger partial charge in [0, 0.05) is 13.1 Å². The second-order valence-electron chi connectivity index (χ2n) is 6.33. The molecule has 0 bridgehead atoms. The molecule has 1 fully saturated rings. The van der Waals surface area contributed by atoms with Crippen molar-refractivity contribution in [1.29, 1.82) is 0 Å². The molecule has 24 heavy (non-hydrogen) atoms. The van der Waals surface area contributed by atoms with E-state index < -0.39 is 0 Å². The summed E-state index contributed by atoms with van der Waals surface area (Å²) >= 11 is 0. The fourth-order valence-electron chi connectivity index (χ4n) is 3.00. The van der Waals surface area contributed by atoms with Crippen LogP contribution < -0.4 is 4.74 Å². The Kier molecular flexibility index (Phi) is 5.13. The Labute approximate surface area is 142 Å². The number of piperidine rings is 1. The Balaban J connectivity index is 1.42. The standard InChI is InChI=1S/C18H24N4O2/c1-14-3-4-17(11-15(14)2)24-10-7-18(23)21-8-5-16(6-9-21)22-13-19-12-20-22/h3-4,11-13,16H,5-10H2,1-2H3. The number of likely N-dealkylation sites (tertiary alicyclic amines) is 1. The quantitative estimate of drug-likeness (QED) is 0.846. The lowest BCUT2D eigenvalue weighted by Crippen LogP contribution is -2.39. The van der Waals surface area contributed by atoms with E-state index in [0.29, 0.717) is 19.1 Å². The number of carbonyl (C=O) groups is 1. The highest BCUT2D eigenvalue weighted by Gasteiger charge is 2.23. The molecule has 1 amide bonds. The van der Waals surface area contributed by atoms with E-state index in [2.05, 4.69) is 23.9 Å². The van der Waals surface area contributed by atoms with Crippen molar-refractivity contribution < 1.29 is 9.53 Å². The van der Waals surface area contributed by atoms with Crippen molar-refractivity contribution in [3.8, 4) is 5.75 Å². The van der Waals surface area contributed by atoms with Gasteiger partial charge in [0.25, 0.3) is 0 Å². The fourth-order valence-corrected chi connectivity index (χ4v) is 3.00. The highest BCUT2D eigenvalue weighted by molar-refractivity contribution is 5.76. The predicted octanol–water partition coefficient (Wildman–Crippen LogP) is 2.53. The zero-order chi connectivity index (χ0) is 16.9. The first kappa shape index (κ1) is 16.5. The third-order valence-electron chi connectivity index (χ3n) is 4.69. The van der Waals surface area contributed by atoms with E-state index in [-0.39, 0.29) is 5.91 Å². The number of benzene rings is 1. The number of nitrogens with zero attached hydrogens (tertiary/aromatic N) is 4. The van der Waals surface area contributed by atoms with Gasteiger partial charge in [-0.3, -0.25) is 4.79 Å². The van der Waals surface area contributed by atoms with Crippen LogP contribution in [0.15, 0.2) is 30.9 Å². The largest absolute Gasteiger partial charge is 0.493 e. The summed E-state index contributed by atoms with van der Waals surface area (Å²) in [6.07, 6.45) is 5.57. The lowest BCUT2D eigenvalue weighted by atomic mass is 10.1. The smallest absolute Gasteiger partial charge is 0.225 e. The third kappa shape index (κ3) is 3.93. The van der Waals surface area contributed by atoms with E-state index in [4.69, 9.17) is 4.74 Å². The molecule has 1 aromatic heterocycles. The molecule has 2 aromatic rings. The monoisotopic (exact) mass is 328 g/mol. The molecule has 0 radical (unpaired) electrons. The maximum atomic E-state index is 12.3. The molecule has 0 saturated carbocycles. The van der Waals surface area contributed by atoms with Crippen molar-refractivity contribution in [2.24, 2.45) is 0 Å². The van der Waals surface area contributed by atoms with Crippen molar-refractivity contribution in [3.63, 3.8) is 0 Å². The van der Waals surface area contributed by atoms with Crippen molar-refractivity contribution in [2.45, 2.75) is 39.2 Å². The van der Waals surface area contributed by atoms with E-state index in [1.54, 1.807) is 12.7 Å². The third-order valence-corrected chi connectivity index (χ3v) is 4.69. The van der Waals surface area contributed by atoms with Crippen LogP contribution in [0.25, 0.3) is 0 Å². The summed E-state index contributed by atoms with van der Waals surface area (Å²) in [5.74, 6) is 0.992. The van der Waals surface area contributed by atoms with E-state index >= 15 is 0 Å². The molecule has 0 N–H and O–H groups in total. The van der Waals surface area contributed by atoms with Gasteiger partial charge in [0.2, 0.25) is 5.91 Å². The molecule has 128 valence electrons. The second kappa shape index (κ2) is 7.47. The summed E-state index contributed by atoms with van der Waals surface area (Å²) in [5.41, 5.74) is 2.45. The Bertz CT molecular complexity index is 676. The Morgan fingerprint density at radius 2 is 2.04 bits per heavy atom. The maximum Gasteiger partial charge on any atom is 0.225 e. The van der Waals surface area contributed by atoms with E-state index in [1.807, 2.05) is 27.8 Å². The van der Waals surface area contributed by atoms with Gasteiger partial charge < -0.3 is 9.64 Å². The number of hydrogen-bond donors (Lipinski definition) is 0. The van der Waals surface area contributed by atoms with Crippen LogP contribution in [0.2, 0.25) is 0 Å². The lowest BCUT2D eigenvalue weighted by Gasteiger charge is -2.31. The number of ether oxygens (including phenoxy) is 1. The normalized spacial score (nSPS) is 15.5. The molecule has 6 nitrogen and oxygen atoms in total. The summed E-state index contributed by atoms with van der Waals surface area (Å²) in [7, 11) is 0. The van der Waals surface area contributed by atoms with Crippen molar-refractivity contribution in [3.05, 3.63) is 42.0 Å². The minimum Gasteiger partial charge on any atom is -0.493 e. The number of aryl methyl sites for hydroxylation is 2.